The number of aromatic carboxylic acids is 2. The second-order valence-corrected chi connectivity index (χ2v) is 6.93. The van der Waals surface area contributed by atoms with E-state index in [1.54, 1.807) is 12.1 Å². The number of nitrogen functional groups attached to an aromatic ring is 1. The molecule has 1 aromatic carbocycles. The van der Waals surface area contributed by atoms with Crippen LogP contribution in [0.3, 0.4) is 0 Å². The molecule has 0 saturated heterocycles. The Morgan fingerprint density at radius 1 is 1.20 bits per heavy atom. The second kappa shape index (κ2) is 8.13. The smallest absolute Gasteiger partial charge is 0.342 e. The molecule has 0 fully saturated rings. The summed E-state index contributed by atoms with van der Waals surface area (Å²) in [6.45, 7) is 0. The molecular formula is C18H13N3O8S. The van der Waals surface area contributed by atoms with E-state index in [0.29, 0.717) is 10.7 Å². The molecule has 154 valence electrons. The van der Waals surface area contributed by atoms with E-state index in [9.17, 15) is 34.7 Å². The fraction of sp³-hybridized carbons (Fsp3) is 0.0556. The number of aromatic nitrogens is 1. The van der Waals surface area contributed by atoms with Crippen LogP contribution in [0.25, 0.3) is 11.1 Å². The number of H-pyrrole nitrogens is 1. The molecule has 11 nitrogen and oxygen atoms in total. The molecule has 0 aliphatic rings. The third-order valence-electron chi connectivity index (χ3n) is 4.07. The van der Waals surface area contributed by atoms with Gasteiger partial charge < -0.3 is 25.3 Å². The zero-order valence-corrected chi connectivity index (χ0v) is 15.8. The number of nitrogens with zero attached hydrogens (tertiary/aromatic N) is 1. The van der Waals surface area contributed by atoms with Gasteiger partial charge in [-0.05, 0) is 18.2 Å². The molecule has 0 saturated carbocycles. The summed E-state index contributed by atoms with van der Waals surface area (Å²) in [6, 6.07) is 6.89. The van der Waals surface area contributed by atoms with Gasteiger partial charge in [0.1, 0.15) is 22.7 Å². The van der Waals surface area contributed by atoms with Crippen LogP contribution in [0.1, 0.15) is 26.5 Å². The van der Waals surface area contributed by atoms with Crippen molar-refractivity contribution in [2.45, 2.75) is 10.6 Å². The summed E-state index contributed by atoms with van der Waals surface area (Å²) in [5.74, 6) is -3.05. The van der Waals surface area contributed by atoms with Gasteiger partial charge >= 0.3 is 11.9 Å². The fourth-order valence-corrected chi connectivity index (χ4v) is 3.76. The van der Waals surface area contributed by atoms with Gasteiger partial charge in [0, 0.05) is 28.2 Å². The molecule has 3 aromatic rings. The van der Waals surface area contributed by atoms with E-state index in [1.807, 2.05) is 4.98 Å². The van der Waals surface area contributed by atoms with Crippen molar-refractivity contribution in [2.75, 3.05) is 5.73 Å². The van der Waals surface area contributed by atoms with E-state index in [2.05, 4.69) is 0 Å². The van der Waals surface area contributed by atoms with Crippen LogP contribution in [0.4, 0.5) is 11.5 Å². The molecule has 0 bridgehead atoms. The number of carbonyl (C=O) groups is 2. The molecule has 30 heavy (non-hydrogen) atoms. The number of pyridine rings is 1. The second-order valence-electron chi connectivity index (χ2n) is 5.91. The van der Waals surface area contributed by atoms with Gasteiger partial charge in [-0.25, -0.2) is 9.59 Å². The van der Waals surface area contributed by atoms with Crippen molar-refractivity contribution in [2.24, 2.45) is 0 Å². The number of nitro benzene ring substituents is 1. The highest BCUT2D eigenvalue weighted by Gasteiger charge is 2.29. The minimum atomic E-state index is -1.71. The van der Waals surface area contributed by atoms with Crippen LogP contribution in [0.5, 0.6) is 0 Å². The lowest BCUT2D eigenvalue weighted by atomic mass is 9.95. The summed E-state index contributed by atoms with van der Waals surface area (Å²) in [7, 11) is 0. The van der Waals surface area contributed by atoms with Crippen molar-refractivity contribution >= 4 is 35.2 Å². The number of rotatable bonds is 7. The zero-order valence-electron chi connectivity index (χ0n) is 14.9. The van der Waals surface area contributed by atoms with E-state index >= 15 is 0 Å². The summed E-state index contributed by atoms with van der Waals surface area (Å²) in [6.07, 6.45) is 1.45. The lowest BCUT2D eigenvalue weighted by Crippen LogP contribution is -2.24. The molecule has 0 unspecified atom stereocenters. The average molecular weight is 431 g/mol. The first kappa shape index (κ1) is 20.7. The Bertz CT molecular complexity index is 1220. The summed E-state index contributed by atoms with van der Waals surface area (Å²) < 4.78 is 5.23. The van der Waals surface area contributed by atoms with E-state index in [4.69, 9.17) is 10.2 Å². The maximum Gasteiger partial charge on any atom is 0.342 e. The number of nitrogens with two attached hydrogens (primary N) is 1. The van der Waals surface area contributed by atoms with Gasteiger partial charge in [0.2, 0.25) is 0 Å². The predicted molar refractivity (Wildman–Crippen MR) is 106 cm³/mol. The van der Waals surface area contributed by atoms with Crippen LogP contribution in [0.2, 0.25) is 0 Å². The van der Waals surface area contributed by atoms with Gasteiger partial charge in [-0.3, -0.25) is 14.9 Å². The number of hydrogen-bond donors (Lipinski definition) is 4. The maximum atomic E-state index is 12.3. The Morgan fingerprint density at radius 3 is 2.47 bits per heavy atom. The van der Waals surface area contributed by atoms with Crippen LogP contribution in [0, 0.1) is 10.1 Å². The molecule has 0 atom stereocenters. The largest absolute Gasteiger partial charge is 0.478 e. The molecule has 0 amide bonds. The number of nitro groups is 1. The minimum absolute atomic E-state index is 0.117. The number of hydrogen-bond acceptors (Lipinski definition) is 8. The molecule has 12 heteroatoms. The SMILES string of the molecule is Nc1[nH]c(=O)c(C(=O)O)c(-c2cc([N+](=O)[O-])ccc2SCc2ccco2)c1C(=O)O. The summed E-state index contributed by atoms with van der Waals surface area (Å²) in [4.78, 5) is 48.7. The lowest BCUT2D eigenvalue weighted by Gasteiger charge is -2.15. The highest BCUT2D eigenvalue weighted by atomic mass is 32.2. The molecule has 0 aliphatic heterocycles. The van der Waals surface area contributed by atoms with Crippen LogP contribution in [-0.2, 0) is 5.75 Å². The Balaban J connectivity index is 2.33. The first-order chi connectivity index (χ1) is 14.2. The average Bonchev–Trinajstić information content (AvgIpc) is 3.18. The maximum absolute atomic E-state index is 12.3. The standard InChI is InChI=1S/C18H13N3O8S/c19-15-13(17(23)24)12(14(18(25)26)16(22)20-15)10-6-8(21(27)28)3-4-11(10)30-7-9-2-1-5-29-9/h1-6H,7H2,(H,23,24)(H,25,26)(H3,19,20,22). The highest BCUT2D eigenvalue weighted by Crippen LogP contribution is 2.39. The number of carboxylic acid groups (broad SMARTS) is 2. The molecule has 2 aromatic heterocycles. The molecule has 2 heterocycles. The number of thioether (sulfide) groups is 1. The molecule has 5 N–H and O–H groups in total. The fourth-order valence-electron chi connectivity index (χ4n) is 2.81. The van der Waals surface area contributed by atoms with Gasteiger partial charge in [0.15, 0.2) is 0 Å². The van der Waals surface area contributed by atoms with Gasteiger partial charge in [-0.15, -0.1) is 11.8 Å². The molecule has 3 rings (SSSR count). The number of nitrogens with one attached hydrogen (secondary N) is 1. The number of non-ortho nitro benzene ring substituents is 1. The Labute approximate surface area is 171 Å². The number of furan rings is 1. The minimum Gasteiger partial charge on any atom is -0.478 e. The number of aromatic amines is 1. The van der Waals surface area contributed by atoms with Crippen molar-refractivity contribution in [1.82, 2.24) is 4.98 Å². The number of carboxylic acids is 2. The van der Waals surface area contributed by atoms with Crippen molar-refractivity contribution in [3.63, 3.8) is 0 Å². The first-order valence-corrected chi connectivity index (χ1v) is 9.15. The van der Waals surface area contributed by atoms with E-state index in [-0.39, 0.29) is 11.3 Å². The van der Waals surface area contributed by atoms with Crippen molar-refractivity contribution in [3.05, 3.63) is 74.0 Å². The van der Waals surface area contributed by atoms with Crippen molar-refractivity contribution < 1.29 is 29.1 Å². The normalized spacial score (nSPS) is 10.7. The molecule has 0 radical (unpaired) electrons. The molecular weight excluding hydrogens is 418 g/mol. The summed E-state index contributed by atoms with van der Waals surface area (Å²) in [5, 5.41) is 30.4. The molecule has 0 aliphatic carbocycles. The highest BCUT2D eigenvalue weighted by molar-refractivity contribution is 7.98. The third kappa shape index (κ3) is 3.89. The Morgan fingerprint density at radius 2 is 1.90 bits per heavy atom. The summed E-state index contributed by atoms with van der Waals surface area (Å²) >= 11 is 1.12. The van der Waals surface area contributed by atoms with Crippen LogP contribution >= 0.6 is 11.8 Å². The monoisotopic (exact) mass is 431 g/mol. The van der Waals surface area contributed by atoms with Gasteiger partial charge in [0.25, 0.3) is 11.2 Å². The zero-order chi connectivity index (χ0) is 22.0. The van der Waals surface area contributed by atoms with Gasteiger partial charge in [0.05, 0.1) is 16.9 Å². The van der Waals surface area contributed by atoms with Gasteiger partial charge in [-0.2, -0.15) is 0 Å². The molecule has 0 spiro atoms. The topological polar surface area (TPSA) is 190 Å². The number of benzene rings is 1. The van der Waals surface area contributed by atoms with Crippen LogP contribution in [-0.4, -0.2) is 32.1 Å². The van der Waals surface area contributed by atoms with Crippen LogP contribution < -0.4 is 11.3 Å². The van der Waals surface area contributed by atoms with Crippen molar-refractivity contribution in [3.8, 4) is 11.1 Å². The first-order valence-electron chi connectivity index (χ1n) is 8.17. The van der Waals surface area contributed by atoms with Gasteiger partial charge in [-0.1, -0.05) is 0 Å². The van der Waals surface area contributed by atoms with E-state index in [0.717, 1.165) is 17.8 Å². The van der Waals surface area contributed by atoms with E-state index < -0.39 is 50.6 Å². The Hall–Kier alpha value is -4.06. The van der Waals surface area contributed by atoms with Crippen LogP contribution in [0.15, 0.2) is 50.7 Å². The Kier molecular flexibility index (Phi) is 5.60. The lowest BCUT2D eigenvalue weighted by molar-refractivity contribution is -0.384. The third-order valence-corrected chi connectivity index (χ3v) is 5.16. The van der Waals surface area contributed by atoms with Crippen molar-refractivity contribution in [1.29, 1.82) is 0 Å². The predicted octanol–water partition coefficient (Wildman–Crippen LogP) is 2.81. The summed E-state index contributed by atoms with van der Waals surface area (Å²) in [5.41, 5.74) is 1.90. The van der Waals surface area contributed by atoms with E-state index in [1.165, 1.54) is 18.4 Å². The number of anilines is 1. The quantitative estimate of drug-likeness (QED) is 0.246.